The molecule has 2 aromatic heterocycles. The molecule has 0 radical (unpaired) electrons. The minimum Gasteiger partial charge on any atom is -0.384 e. The lowest BCUT2D eigenvalue weighted by Crippen LogP contribution is -2.13. The minimum absolute atomic E-state index is 0.213. The first-order chi connectivity index (χ1) is 9.08. The van der Waals surface area contributed by atoms with E-state index in [0.717, 1.165) is 17.8 Å². The third-order valence-electron chi connectivity index (χ3n) is 2.69. The summed E-state index contributed by atoms with van der Waals surface area (Å²) in [5.41, 5.74) is 8.54. The first kappa shape index (κ1) is 13.0. The molecule has 0 aromatic carbocycles. The van der Waals surface area contributed by atoms with Crippen LogP contribution >= 0.6 is 0 Å². The van der Waals surface area contributed by atoms with E-state index in [9.17, 15) is 4.79 Å². The highest BCUT2D eigenvalue weighted by atomic mass is 16.1. The molecule has 2 heterocycles. The average Bonchev–Trinajstić information content (AvgIpc) is 2.40. The fourth-order valence-corrected chi connectivity index (χ4v) is 1.67. The van der Waals surface area contributed by atoms with Gasteiger partial charge in [0.15, 0.2) is 0 Å². The zero-order valence-corrected chi connectivity index (χ0v) is 11.0. The highest BCUT2D eigenvalue weighted by Crippen LogP contribution is 2.12. The number of hydrogen-bond acceptors (Lipinski definition) is 4. The van der Waals surface area contributed by atoms with E-state index in [4.69, 9.17) is 5.73 Å². The molecule has 0 unspecified atom stereocenters. The lowest BCUT2D eigenvalue weighted by molar-refractivity contribution is 0.102. The number of aryl methyl sites for hydroxylation is 2. The number of carbonyl (C=O) groups excluding carboxylic acids is 1. The van der Waals surface area contributed by atoms with Crippen LogP contribution in [0.3, 0.4) is 0 Å². The molecule has 5 nitrogen and oxygen atoms in total. The van der Waals surface area contributed by atoms with Gasteiger partial charge in [-0.15, -0.1) is 0 Å². The molecule has 0 atom stereocenters. The number of aromatic nitrogens is 2. The Morgan fingerprint density at radius 1 is 1.37 bits per heavy atom. The van der Waals surface area contributed by atoms with Crippen LogP contribution in [0.4, 0.5) is 11.5 Å². The summed E-state index contributed by atoms with van der Waals surface area (Å²) in [5.74, 6) is 0.140. The fraction of sp³-hybridized carbons (Fsp3) is 0.214. The van der Waals surface area contributed by atoms with Crippen molar-refractivity contribution < 1.29 is 4.79 Å². The fourth-order valence-electron chi connectivity index (χ4n) is 1.67. The molecular formula is C14H16N4O. The molecule has 0 aliphatic heterocycles. The number of nitrogens with two attached hydrogens (primary N) is 1. The Kier molecular flexibility index (Phi) is 3.75. The van der Waals surface area contributed by atoms with E-state index in [1.54, 1.807) is 18.3 Å². The van der Waals surface area contributed by atoms with Crippen LogP contribution in [0.5, 0.6) is 0 Å². The molecule has 19 heavy (non-hydrogen) atoms. The van der Waals surface area contributed by atoms with Gasteiger partial charge in [-0.25, -0.2) is 4.98 Å². The molecule has 0 spiro atoms. The van der Waals surface area contributed by atoms with Crippen molar-refractivity contribution in [2.75, 3.05) is 11.1 Å². The molecule has 0 aliphatic rings. The molecule has 0 saturated carbocycles. The van der Waals surface area contributed by atoms with Crippen molar-refractivity contribution in [3.63, 3.8) is 0 Å². The summed E-state index contributed by atoms with van der Waals surface area (Å²) < 4.78 is 0. The zero-order chi connectivity index (χ0) is 13.8. The van der Waals surface area contributed by atoms with Gasteiger partial charge in [0, 0.05) is 17.0 Å². The van der Waals surface area contributed by atoms with Crippen molar-refractivity contribution >= 4 is 17.4 Å². The van der Waals surface area contributed by atoms with Gasteiger partial charge in [0.25, 0.3) is 5.91 Å². The Labute approximate surface area is 111 Å². The van der Waals surface area contributed by atoms with Gasteiger partial charge in [-0.2, -0.15) is 0 Å². The summed E-state index contributed by atoms with van der Waals surface area (Å²) in [5, 5.41) is 2.78. The smallest absolute Gasteiger partial charge is 0.255 e. The number of rotatable bonds is 3. The second kappa shape index (κ2) is 5.48. The zero-order valence-electron chi connectivity index (χ0n) is 11.0. The van der Waals surface area contributed by atoms with Gasteiger partial charge in [-0.3, -0.25) is 9.78 Å². The van der Waals surface area contributed by atoms with Crippen LogP contribution in [0.1, 0.15) is 28.7 Å². The number of amides is 1. The van der Waals surface area contributed by atoms with E-state index in [2.05, 4.69) is 15.3 Å². The SMILES string of the molecule is CCc1cc(C(=O)Nc2ccc(C)nc2)cc(N)n1. The highest BCUT2D eigenvalue weighted by Gasteiger charge is 2.09. The molecule has 2 rings (SSSR count). The molecule has 0 aliphatic carbocycles. The Bertz CT molecular complexity index is 593. The predicted octanol–water partition coefficient (Wildman–Crippen LogP) is 2.18. The lowest BCUT2D eigenvalue weighted by atomic mass is 10.2. The summed E-state index contributed by atoms with van der Waals surface area (Å²) in [6.45, 7) is 3.86. The number of pyridine rings is 2. The molecule has 3 N–H and O–H groups in total. The Balaban J connectivity index is 2.20. The molecule has 0 fully saturated rings. The van der Waals surface area contributed by atoms with E-state index >= 15 is 0 Å². The van der Waals surface area contributed by atoms with Gasteiger partial charge >= 0.3 is 0 Å². The second-order valence-corrected chi connectivity index (χ2v) is 4.27. The number of hydrogen-bond donors (Lipinski definition) is 2. The van der Waals surface area contributed by atoms with E-state index in [1.165, 1.54) is 0 Å². The summed E-state index contributed by atoms with van der Waals surface area (Å²) >= 11 is 0. The van der Waals surface area contributed by atoms with Crippen LogP contribution in [-0.4, -0.2) is 15.9 Å². The van der Waals surface area contributed by atoms with Crippen LogP contribution in [0.2, 0.25) is 0 Å². The van der Waals surface area contributed by atoms with Crippen molar-refractivity contribution in [3.8, 4) is 0 Å². The summed E-state index contributed by atoms with van der Waals surface area (Å²) in [4.78, 5) is 20.4. The maximum atomic E-state index is 12.1. The van der Waals surface area contributed by atoms with E-state index in [-0.39, 0.29) is 5.91 Å². The average molecular weight is 256 g/mol. The topological polar surface area (TPSA) is 80.9 Å². The lowest BCUT2D eigenvalue weighted by Gasteiger charge is -2.07. The van der Waals surface area contributed by atoms with E-state index in [1.807, 2.05) is 26.0 Å². The Hall–Kier alpha value is -2.43. The van der Waals surface area contributed by atoms with Crippen molar-refractivity contribution in [2.24, 2.45) is 0 Å². The summed E-state index contributed by atoms with van der Waals surface area (Å²) in [7, 11) is 0. The first-order valence-electron chi connectivity index (χ1n) is 6.09. The Morgan fingerprint density at radius 3 is 2.79 bits per heavy atom. The minimum atomic E-state index is -0.213. The highest BCUT2D eigenvalue weighted by molar-refractivity contribution is 6.04. The third kappa shape index (κ3) is 3.28. The number of nitrogen functional groups attached to an aromatic ring is 1. The molecule has 0 saturated heterocycles. The Morgan fingerprint density at radius 2 is 2.16 bits per heavy atom. The van der Waals surface area contributed by atoms with Crippen LogP contribution in [0, 0.1) is 6.92 Å². The van der Waals surface area contributed by atoms with Crippen molar-refractivity contribution in [1.82, 2.24) is 9.97 Å². The first-order valence-corrected chi connectivity index (χ1v) is 6.09. The largest absolute Gasteiger partial charge is 0.384 e. The van der Waals surface area contributed by atoms with Gasteiger partial charge < -0.3 is 11.1 Å². The third-order valence-corrected chi connectivity index (χ3v) is 2.69. The number of carbonyl (C=O) groups is 1. The van der Waals surface area contributed by atoms with Crippen LogP contribution < -0.4 is 11.1 Å². The second-order valence-electron chi connectivity index (χ2n) is 4.27. The summed E-state index contributed by atoms with van der Waals surface area (Å²) in [6, 6.07) is 6.96. The van der Waals surface area contributed by atoms with Crippen molar-refractivity contribution in [2.45, 2.75) is 20.3 Å². The van der Waals surface area contributed by atoms with Gasteiger partial charge in [0.2, 0.25) is 0 Å². The predicted molar refractivity (Wildman–Crippen MR) is 75.0 cm³/mol. The molecule has 2 aromatic rings. The summed E-state index contributed by atoms with van der Waals surface area (Å²) in [6.07, 6.45) is 2.36. The van der Waals surface area contributed by atoms with E-state index in [0.29, 0.717) is 17.1 Å². The number of nitrogens with one attached hydrogen (secondary N) is 1. The molecule has 0 bridgehead atoms. The monoisotopic (exact) mass is 256 g/mol. The van der Waals surface area contributed by atoms with Crippen molar-refractivity contribution in [3.05, 3.63) is 47.4 Å². The maximum absolute atomic E-state index is 12.1. The van der Waals surface area contributed by atoms with Gasteiger partial charge in [-0.1, -0.05) is 6.92 Å². The molecule has 1 amide bonds. The van der Waals surface area contributed by atoms with Crippen LogP contribution in [0.25, 0.3) is 0 Å². The number of nitrogens with zero attached hydrogens (tertiary/aromatic N) is 2. The van der Waals surface area contributed by atoms with Gasteiger partial charge in [0.1, 0.15) is 5.82 Å². The van der Waals surface area contributed by atoms with E-state index < -0.39 is 0 Å². The van der Waals surface area contributed by atoms with Gasteiger partial charge in [-0.05, 0) is 37.6 Å². The van der Waals surface area contributed by atoms with Gasteiger partial charge in [0.05, 0.1) is 11.9 Å². The van der Waals surface area contributed by atoms with Crippen LogP contribution in [-0.2, 0) is 6.42 Å². The molecular weight excluding hydrogens is 240 g/mol. The normalized spacial score (nSPS) is 10.2. The standard InChI is InChI=1S/C14H16N4O/c1-3-11-6-10(7-13(15)17-11)14(19)18-12-5-4-9(2)16-8-12/h4-8H,3H2,1-2H3,(H2,15,17)(H,18,19). The molecule has 98 valence electrons. The molecule has 5 heteroatoms. The maximum Gasteiger partial charge on any atom is 0.255 e. The van der Waals surface area contributed by atoms with Crippen LogP contribution in [0.15, 0.2) is 30.5 Å². The van der Waals surface area contributed by atoms with Crippen molar-refractivity contribution in [1.29, 1.82) is 0 Å². The quantitative estimate of drug-likeness (QED) is 0.882. The number of anilines is 2.